The predicted octanol–water partition coefficient (Wildman–Crippen LogP) is 1.21. The number of phenols is 1. The molecule has 1 aromatic rings. The molecular weight excluding hydrogens is 282 g/mol. The number of hydrogen-bond acceptors (Lipinski definition) is 3. The van der Waals surface area contributed by atoms with E-state index in [1.54, 1.807) is 24.3 Å². The van der Waals surface area contributed by atoms with Gasteiger partial charge in [-0.05, 0) is 24.1 Å². The van der Waals surface area contributed by atoms with Gasteiger partial charge < -0.3 is 5.11 Å². The lowest BCUT2D eigenvalue weighted by Crippen LogP contribution is -2.26. The van der Waals surface area contributed by atoms with E-state index in [0.29, 0.717) is 13.0 Å². The molecule has 0 aliphatic carbocycles. The Labute approximate surface area is 97.5 Å². The van der Waals surface area contributed by atoms with E-state index in [1.165, 1.54) is 0 Å². The van der Waals surface area contributed by atoms with Crippen LogP contribution in [0.3, 0.4) is 0 Å². The molecule has 0 spiro atoms. The molecule has 4 nitrogen and oxygen atoms in total. The summed E-state index contributed by atoms with van der Waals surface area (Å²) in [6.45, 7) is 0.360. The number of alkyl halides is 1. The van der Waals surface area contributed by atoms with E-state index in [4.69, 9.17) is 5.11 Å². The highest BCUT2D eigenvalue weighted by atomic mass is 79.9. The van der Waals surface area contributed by atoms with Gasteiger partial charge in [-0.3, -0.25) is 0 Å². The van der Waals surface area contributed by atoms with E-state index < -0.39 is 10.0 Å². The minimum absolute atomic E-state index is 0.0877. The highest BCUT2D eigenvalue weighted by molar-refractivity contribution is 9.10. The fraction of sp³-hybridized carbons (Fsp3) is 0.333. The number of rotatable bonds is 5. The van der Waals surface area contributed by atoms with Gasteiger partial charge in [-0.15, -0.1) is 0 Å². The van der Waals surface area contributed by atoms with Crippen LogP contribution in [-0.2, 0) is 16.4 Å². The molecule has 0 radical (unpaired) electrons. The smallest absolute Gasteiger partial charge is 0.221 e. The van der Waals surface area contributed by atoms with E-state index in [1.807, 2.05) is 0 Å². The first-order valence-corrected chi connectivity index (χ1v) is 7.12. The van der Waals surface area contributed by atoms with Crippen molar-refractivity contribution in [3.8, 4) is 5.75 Å². The van der Waals surface area contributed by atoms with Crippen LogP contribution >= 0.6 is 15.9 Å². The maximum absolute atomic E-state index is 11.0. The summed E-state index contributed by atoms with van der Waals surface area (Å²) >= 11 is 2.88. The summed E-state index contributed by atoms with van der Waals surface area (Å²) in [7, 11) is -3.18. The van der Waals surface area contributed by atoms with Crippen LogP contribution in [0.1, 0.15) is 5.56 Å². The standard InChI is InChI=1S/C9H12BrNO3S/c10-7-15(13,14)11-6-5-8-1-3-9(12)4-2-8/h1-4,11-12H,5-7H2. The summed E-state index contributed by atoms with van der Waals surface area (Å²) in [6, 6.07) is 6.68. The monoisotopic (exact) mass is 293 g/mol. The Kier molecular flexibility index (Phi) is 4.56. The fourth-order valence-electron chi connectivity index (χ4n) is 1.05. The van der Waals surface area contributed by atoms with Crippen LogP contribution in [0, 0.1) is 0 Å². The summed E-state index contributed by atoms with van der Waals surface area (Å²) in [4.78, 5) is 0. The molecule has 0 saturated carbocycles. The summed E-state index contributed by atoms with van der Waals surface area (Å²) in [5.41, 5.74) is 0.977. The highest BCUT2D eigenvalue weighted by Crippen LogP contribution is 2.09. The first kappa shape index (κ1) is 12.5. The third kappa shape index (κ3) is 4.63. The Hall–Kier alpha value is -0.590. The highest BCUT2D eigenvalue weighted by Gasteiger charge is 2.05. The Bertz CT molecular complexity index is 402. The van der Waals surface area contributed by atoms with Crippen LogP contribution in [0.2, 0.25) is 0 Å². The molecule has 0 heterocycles. The summed E-state index contributed by atoms with van der Waals surface area (Å²) < 4.78 is 24.4. The molecule has 1 rings (SSSR count). The molecule has 1 aromatic carbocycles. The van der Waals surface area contributed by atoms with Crippen molar-refractivity contribution in [3.05, 3.63) is 29.8 Å². The molecule has 0 saturated heterocycles. The molecule has 15 heavy (non-hydrogen) atoms. The van der Waals surface area contributed by atoms with Crippen molar-refractivity contribution in [2.45, 2.75) is 6.42 Å². The zero-order valence-corrected chi connectivity index (χ0v) is 10.4. The van der Waals surface area contributed by atoms with Gasteiger partial charge in [0.2, 0.25) is 10.0 Å². The van der Waals surface area contributed by atoms with Crippen molar-refractivity contribution >= 4 is 26.0 Å². The van der Waals surface area contributed by atoms with E-state index in [9.17, 15) is 8.42 Å². The minimum atomic E-state index is -3.18. The second-order valence-corrected chi connectivity index (χ2v) is 6.14. The number of benzene rings is 1. The van der Waals surface area contributed by atoms with E-state index >= 15 is 0 Å². The number of halogens is 1. The first-order chi connectivity index (χ1) is 7.03. The molecular formula is C9H12BrNO3S. The molecule has 0 aromatic heterocycles. The average molecular weight is 294 g/mol. The van der Waals surface area contributed by atoms with Gasteiger partial charge in [0.25, 0.3) is 0 Å². The number of aromatic hydroxyl groups is 1. The second kappa shape index (κ2) is 5.48. The number of hydrogen-bond donors (Lipinski definition) is 2. The van der Waals surface area contributed by atoms with Crippen molar-refractivity contribution in [1.82, 2.24) is 4.72 Å². The van der Waals surface area contributed by atoms with Crippen molar-refractivity contribution < 1.29 is 13.5 Å². The quantitative estimate of drug-likeness (QED) is 0.802. The zero-order chi connectivity index (χ0) is 11.3. The normalized spacial score (nSPS) is 11.5. The molecule has 0 aliphatic heterocycles. The lowest BCUT2D eigenvalue weighted by atomic mass is 10.1. The van der Waals surface area contributed by atoms with Crippen LogP contribution in [0.25, 0.3) is 0 Å². The van der Waals surface area contributed by atoms with Crippen LogP contribution in [0.5, 0.6) is 5.75 Å². The SMILES string of the molecule is O=S(=O)(CBr)NCCc1ccc(O)cc1. The fourth-order valence-corrected chi connectivity index (χ4v) is 2.03. The Morgan fingerprint density at radius 1 is 1.27 bits per heavy atom. The maximum Gasteiger partial charge on any atom is 0.221 e. The third-order valence-corrected chi connectivity index (χ3v) is 4.56. The molecule has 0 unspecified atom stereocenters. The molecule has 2 N–H and O–H groups in total. The van der Waals surface area contributed by atoms with Gasteiger partial charge in [-0.1, -0.05) is 28.1 Å². The molecule has 0 bridgehead atoms. The van der Waals surface area contributed by atoms with Gasteiger partial charge >= 0.3 is 0 Å². The van der Waals surface area contributed by atoms with Gasteiger partial charge in [0.05, 0.1) is 0 Å². The Morgan fingerprint density at radius 3 is 2.40 bits per heavy atom. The van der Waals surface area contributed by atoms with Gasteiger partial charge in [0, 0.05) is 6.54 Å². The third-order valence-electron chi connectivity index (χ3n) is 1.82. The molecule has 6 heteroatoms. The molecule has 0 fully saturated rings. The zero-order valence-electron chi connectivity index (χ0n) is 7.98. The minimum Gasteiger partial charge on any atom is -0.508 e. The maximum atomic E-state index is 11.0. The summed E-state index contributed by atoms with van der Waals surface area (Å²) in [5.74, 6) is 0.208. The molecule has 0 aliphatic rings. The molecule has 0 atom stereocenters. The van der Waals surface area contributed by atoms with E-state index in [0.717, 1.165) is 5.56 Å². The topological polar surface area (TPSA) is 66.4 Å². The van der Waals surface area contributed by atoms with E-state index in [2.05, 4.69) is 20.7 Å². The lowest BCUT2D eigenvalue weighted by Gasteiger charge is -2.03. The van der Waals surface area contributed by atoms with Crippen molar-refractivity contribution in [1.29, 1.82) is 0 Å². The average Bonchev–Trinajstić information content (AvgIpc) is 2.21. The van der Waals surface area contributed by atoms with Crippen LogP contribution in [0.15, 0.2) is 24.3 Å². The van der Waals surface area contributed by atoms with Crippen molar-refractivity contribution in [3.63, 3.8) is 0 Å². The number of phenolic OH excluding ortho intramolecular Hbond substituents is 1. The Morgan fingerprint density at radius 2 is 1.87 bits per heavy atom. The Balaban J connectivity index is 2.42. The van der Waals surface area contributed by atoms with Crippen molar-refractivity contribution in [2.24, 2.45) is 0 Å². The van der Waals surface area contributed by atoms with Crippen LogP contribution in [-0.4, -0.2) is 24.7 Å². The van der Waals surface area contributed by atoms with Gasteiger partial charge in [0.15, 0.2) is 0 Å². The number of sulfonamides is 1. The van der Waals surface area contributed by atoms with Gasteiger partial charge in [0.1, 0.15) is 10.4 Å². The molecule has 84 valence electrons. The van der Waals surface area contributed by atoms with E-state index in [-0.39, 0.29) is 10.4 Å². The van der Waals surface area contributed by atoms with Gasteiger partial charge in [-0.25, -0.2) is 13.1 Å². The predicted molar refractivity (Wildman–Crippen MR) is 62.5 cm³/mol. The van der Waals surface area contributed by atoms with Crippen molar-refractivity contribution in [2.75, 3.05) is 11.2 Å². The van der Waals surface area contributed by atoms with Gasteiger partial charge in [-0.2, -0.15) is 0 Å². The van der Waals surface area contributed by atoms with Crippen LogP contribution in [0.4, 0.5) is 0 Å². The second-order valence-electron chi connectivity index (χ2n) is 3.03. The molecule has 0 amide bonds. The largest absolute Gasteiger partial charge is 0.508 e. The summed E-state index contributed by atoms with van der Waals surface area (Å²) in [6.07, 6.45) is 0.604. The summed E-state index contributed by atoms with van der Waals surface area (Å²) in [5, 5.41) is 9.03. The number of nitrogens with one attached hydrogen (secondary N) is 1. The first-order valence-electron chi connectivity index (χ1n) is 4.35. The van der Waals surface area contributed by atoms with Crippen LogP contribution < -0.4 is 4.72 Å². The lowest BCUT2D eigenvalue weighted by molar-refractivity contribution is 0.475.